The summed E-state index contributed by atoms with van der Waals surface area (Å²) in [5.41, 5.74) is 2.68. The quantitative estimate of drug-likeness (QED) is 0.776. The number of aryl methyl sites for hydroxylation is 2. The van der Waals surface area contributed by atoms with E-state index in [1.165, 1.54) is 6.07 Å². The van der Waals surface area contributed by atoms with Crippen LogP contribution in [0.5, 0.6) is 5.75 Å². The molecule has 0 aliphatic heterocycles. The maximum atomic E-state index is 13.8. The standard InChI is InChI=1S/C16H14ClFO2/c1-10-6-12(8-19)7-11(2)16(10)20-9-13-4-3-5-14(17)15(13)18/h3-8H,9H2,1-2H3. The highest BCUT2D eigenvalue weighted by atomic mass is 35.5. The second-order valence-electron chi connectivity index (χ2n) is 4.60. The molecule has 2 aromatic carbocycles. The van der Waals surface area contributed by atoms with Gasteiger partial charge in [-0.3, -0.25) is 4.79 Å². The summed E-state index contributed by atoms with van der Waals surface area (Å²) < 4.78 is 19.4. The SMILES string of the molecule is Cc1cc(C=O)cc(C)c1OCc1cccc(Cl)c1F. The zero-order valence-corrected chi connectivity index (χ0v) is 12.0. The Morgan fingerprint density at radius 2 is 1.90 bits per heavy atom. The van der Waals surface area contributed by atoms with Crippen LogP contribution >= 0.6 is 11.6 Å². The lowest BCUT2D eigenvalue weighted by molar-refractivity contribution is 0.112. The van der Waals surface area contributed by atoms with Gasteiger partial charge in [0.2, 0.25) is 0 Å². The molecule has 0 aromatic heterocycles. The van der Waals surface area contributed by atoms with Crippen LogP contribution in [0.2, 0.25) is 5.02 Å². The molecule has 0 bridgehead atoms. The summed E-state index contributed by atoms with van der Waals surface area (Å²) in [6.45, 7) is 3.79. The van der Waals surface area contributed by atoms with Gasteiger partial charge in [-0.2, -0.15) is 0 Å². The lowest BCUT2D eigenvalue weighted by Crippen LogP contribution is -2.02. The predicted molar refractivity (Wildman–Crippen MR) is 77.0 cm³/mol. The van der Waals surface area contributed by atoms with Crippen LogP contribution in [-0.2, 0) is 6.61 Å². The second kappa shape index (κ2) is 6.06. The smallest absolute Gasteiger partial charge is 0.150 e. The molecule has 0 aliphatic carbocycles. The first-order valence-electron chi connectivity index (χ1n) is 6.15. The van der Waals surface area contributed by atoms with Crippen LogP contribution in [0.25, 0.3) is 0 Å². The third-order valence-electron chi connectivity index (χ3n) is 3.02. The highest BCUT2D eigenvalue weighted by Gasteiger charge is 2.10. The maximum absolute atomic E-state index is 13.8. The molecule has 2 rings (SSSR count). The van der Waals surface area contributed by atoms with E-state index in [1.807, 2.05) is 13.8 Å². The fourth-order valence-corrected chi connectivity index (χ4v) is 2.28. The van der Waals surface area contributed by atoms with Crippen molar-refractivity contribution in [2.45, 2.75) is 20.5 Å². The lowest BCUT2D eigenvalue weighted by Gasteiger charge is -2.13. The Balaban J connectivity index is 2.23. The van der Waals surface area contributed by atoms with E-state index in [4.69, 9.17) is 16.3 Å². The highest BCUT2D eigenvalue weighted by molar-refractivity contribution is 6.30. The van der Waals surface area contributed by atoms with Gasteiger partial charge >= 0.3 is 0 Å². The average molecular weight is 293 g/mol. The summed E-state index contributed by atoms with van der Waals surface area (Å²) in [4.78, 5) is 10.8. The van der Waals surface area contributed by atoms with Crippen molar-refractivity contribution in [1.82, 2.24) is 0 Å². The van der Waals surface area contributed by atoms with Crippen molar-refractivity contribution in [3.8, 4) is 5.75 Å². The van der Waals surface area contributed by atoms with E-state index in [0.29, 0.717) is 16.9 Å². The summed E-state index contributed by atoms with van der Waals surface area (Å²) in [6.07, 6.45) is 0.792. The van der Waals surface area contributed by atoms with Gasteiger partial charge in [-0.05, 0) is 43.2 Å². The van der Waals surface area contributed by atoms with Crippen molar-refractivity contribution in [1.29, 1.82) is 0 Å². The summed E-state index contributed by atoms with van der Waals surface area (Å²) >= 11 is 5.73. The van der Waals surface area contributed by atoms with E-state index >= 15 is 0 Å². The number of halogens is 2. The Kier molecular flexibility index (Phi) is 4.40. The van der Waals surface area contributed by atoms with Crippen LogP contribution in [0.15, 0.2) is 30.3 Å². The van der Waals surface area contributed by atoms with Crippen molar-refractivity contribution in [2.75, 3.05) is 0 Å². The van der Waals surface area contributed by atoms with Crippen molar-refractivity contribution in [3.63, 3.8) is 0 Å². The van der Waals surface area contributed by atoms with Crippen LogP contribution in [0.3, 0.4) is 0 Å². The fraction of sp³-hybridized carbons (Fsp3) is 0.188. The summed E-state index contributed by atoms with van der Waals surface area (Å²) in [5, 5.41) is 0.0795. The third-order valence-corrected chi connectivity index (χ3v) is 3.31. The number of aldehydes is 1. The van der Waals surface area contributed by atoms with Gasteiger partial charge in [0.15, 0.2) is 0 Å². The van der Waals surface area contributed by atoms with Gasteiger partial charge in [0.25, 0.3) is 0 Å². The molecule has 0 N–H and O–H groups in total. The summed E-state index contributed by atoms with van der Waals surface area (Å²) in [5.74, 6) is 0.198. The fourth-order valence-electron chi connectivity index (χ4n) is 2.09. The normalized spacial score (nSPS) is 10.4. The Hall–Kier alpha value is -1.87. The first kappa shape index (κ1) is 14.5. The number of hydrogen-bond acceptors (Lipinski definition) is 2. The van der Waals surface area contributed by atoms with Crippen LogP contribution in [0.4, 0.5) is 4.39 Å². The van der Waals surface area contributed by atoms with E-state index in [-0.39, 0.29) is 11.6 Å². The van der Waals surface area contributed by atoms with E-state index in [9.17, 15) is 9.18 Å². The van der Waals surface area contributed by atoms with Gasteiger partial charge in [0, 0.05) is 11.1 Å². The number of rotatable bonds is 4. The van der Waals surface area contributed by atoms with Crippen LogP contribution in [-0.4, -0.2) is 6.29 Å². The van der Waals surface area contributed by atoms with E-state index in [2.05, 4.69) is 0 Å². The minimum atomic E-state index is -0.464. The molecule has 0 saturated carbocycles. The van der Waals surface area contributed by atoms with Crippen molar-refractivity contribution < 1.29 is 13.9 Å². The Bertz CT molecular complexity index is 630. The van der Waals surface area contributed by atoms with Gasteiger partial charge in [-0.1, -0.05) is 23.7 Å². The molecule has 2 nitrogen and oxygen atoms in total. The van der Waals surface area contributed by atoms with Gasteiger partial charge in [0.1, 0.15) is 24.5 Å². The molecule has 104 valence electrons. The van der Waals surface area contributed by atoms with Gasteiger partial charge < -0.3 is 4.74 Å². The minimum Gasteiger partial charge on any atom is -0.488 e. The van der Waals surface area contributed by atoms with Gasteiger partial charge in [-0.15, -0.1) is 0 Å². The first-order valence-corrected chi connectivity index (χ1v) is 6.53. The predicted octanol–water partition coefficient (Wildman–Crippen LogP) is 4.49. The molecule has 0 aliphatic rings. The second-order valence-corrected chi connectivity index (χ2v) is 5.01. The third kappa shape index (κ3) is 2.99. The summed E-state index contributed by atoms with van der Waals surface area (Å²) in [7, 11) is 0. The Morgan fingerprint density at radius 1 is 1.25 bits per heavy atom. The van der Waals surface area contributed by atoms with Gasteiger partial charge in [0.05, 0.1) is 5.02 Å². The average Bonchev–Trinajstić information content (AvgIpc) is 2.42. The van der Waals surface area contributed by atoms with Crippen LogP contribution < -0.4 is 4.74 Å². The molecular weight excluding hydrogens is 279 g/mol. The molecule has 20 heavy (non-hydrogen) atoms. The minimum absolute atomic E-state index is 0.0795. The molecule has 0 spiro atoms. The van der Waals surface area contributed by atoms with Crippen LogP contribution in [0, 0.1) is 19.7 Å². The number of carbonyl (C=O) groups excluding carboxylic acids is 1. The molecule has 0 amide bonds. The van der Waals surface area contributed by atoms with Crippen molar-refractivity contribution in [2.24, 2.45) is 0 Å². The monoisotopic (exact) mass is 292 g/mol. The highest BCUT2D eigenvalue weighted by Crippen LogP contribution is 2.26. The number of ether oxygens (including phenoxy) is 1. The Morgan fingerprint density at radius 3 is 2.50 bits per heavy atom. The van der Waals surface area contributed by atoms with Crippen molar-refractivity contribution >= 4 is 17.9 Å². The van der Waals surface area contributed by atoms with E-state index in [1.54, 1.807) is 24.3 Å². The molecule has 0 radical (unpaired) electrons. The van der Waals surface area contributed by atoms with Gasteiger partial charge in [-0.25, -0.2) is 4.39 Å². The zero-order valence-electron chi connectivity index (χ0n) is 11.2. The lowest BCUT2D eigenvalue weighted by atomic mass is 10.1. The number of hydrogen-bond donors (Lipinski definition) is 0. The summed E-state index contributed by atoms with van der Waals surface area (Å²) in [6, 6.07) is 8.29. The molecule has 0 fully saturated rings. The zero-order chi connectivity index (χ0) is 14.7. The van der Waals surface area contributed by atoms with Crippen molar-refractivity contribution in [3.05, 3.63) is 63.4 Å². The maximum Gasteiger partial charge on any atom is 0.150 e. The van der Waals surface area contributed by atoms with E-state index in [0.717, 1.165) is 17.4 Å². The molecule has 0 unspecified atom stereocenters. The molecule has 0 atom stereocenters. The van der Waals surface area contributed by atoms with E-state index < -0.39 is 5.82 Å². The largest absolute Gasteiger partial charge is 0.488 e. The molecule has 4 heteroatoms. The molecule has 2 aromatic rings. The molecule has 0 heterocycles. The van der Waals surface area contributed by atoms with Crippen LogP contribution in [0.1, 0.15) is 27.0 Å². The topological polar surface area (TPSA) is 26.3 Å². The first-order chi connectivity index (χ1) is 9.52. The number of carbonyl (C=O) groups is 1. The molecular formula is C16H14ClFO2. The Labute approximate surface area is 122 Å². The molecule has 0 saturated heterocycles. The number of benzene rings is 2.